The topological polar surface area (TPSA) is 90.7 Å². The molecule has 1 rings (SSSR count). The summed E-state index contributed by atoms with van der Waals surface area (Å²) >= 11 is 0. The van der Waals surface area contributed by atoms with E-state index in [0.29, 0.717) is 0 Å². The first kappa shape index (κ1) is 12.9. The number of nitro groups is 1. The van der Waals surface area contributed by atoms with E-state index in [1.165, 1.54) is 25.3 Å². The van der Waals surface area contributed by atoms with Crippen LogP contribution >= 0.6 is 0 Å². The Morgan fingerprint density at radius 3 is 2.76 bits per heavy atom. The second-order valence-corrected chi connectivity index (χ2v) is 2.98. The highest BCUT2D eigenvalue weighted by Gasteiger charge is 2.24. The summed E-state index contributed by atoms with van der Waals surface area (Å²) in [5, 5.41) is 10.8. The van der Waals surface area contributed by atoms with Crippen molar-refractivity contribution in [3.63, 3.8) is 0 Å². The van der Waals surface area contributed by atoms with Crippen LogP contribution in [-0.4, -0.2) is 24.5 Å². The molecule has 0 atom stereocenters. The molecule has 1 amide bonds. The first-order chi connectivity index (χ1) is 8.11. The van der Waals surface area contributed by atoms with E-state index in [-0.39, 0.29) is 23.6 Å². The molecular weight excluding hydrogens is 228 g/mol. The minimum Gasteiger partial charge on any atom is -0.496 e. The Balaban J connectivity index is 3.17. The molecule has 0 aliphatic carbocycles. The van der Waals surface area contributed by atoms with Crippen LogP contribution in [0.15, 0.2) is 18.2 Å². The zero-order valence-electron chi connectivity index (χ0n) is 9.43. The van der Waals surface area contributed by atoms with E-state index < -0.39 is 10.8 Å². The number of ether oxygens (including phenoxy) is 1. The van der Waals surface area contributed by atoms with Gasteiger partial charge in [-0.1, -0.05) is 6.07 Å². The van der Waals surface area contributed by atoms with Crippen LogP contribution in [0.5, 0.6) is 5.75 Å². The predicted molar refractivity (Wildman–Crippen MR) is 58.7 cm³/mol. The SMILES string of the molecule is CCONC(=O)c1c(OC)cccc1[N+](=O)[O-]. The van der Waals surface area contributed by atoms with Gasteiger partial charge >= 0.3 is 0 Å². The molecule has 0 radical (unpaired) electrons. The highest BCUT2D eigenvalue weighted by Crippen LogP contribution is 2.27. The molecule has 92 valence electrons. The molecule has 0 fully saturated rings. The Labute approximate surface area is 97.4 Å². The molecule has 0 heterocycles. The largest absolute Gasteiger partial charge is 0.496 e. The van der Waals surface area contributed by atoms with Gasteiger partial charge in [-0.3, -0.25) is 19.7 Å². The molecule has 0 unspecified atom stereocenters. The number of benzene rings is 1. The number of carbonyl (C=O) groups is 1. The summed E-state index contributed by atoms with van der Waals surface area (Å²) in [6.45, 7) is 1.94. The molecule has 7 nitrogen and oxygen atoms in total. The van der Waals surface area contributed by atoms with Crippen molar-refractivity contribution < 1.29 is 19.3 Å². The molecule has 0 aromatic heterocycles. The van der Waals surface area contributed by atoms with Gasteiger partial charge in [0.05, 0.1) is 18.6 Å². The van der Waals surface area contributed by atoms with E-state index in [4.69, 9.17) is 9.57 Å². The summed E-state index contributed by atoms with van der Waals surface area (Å²) in [6.07, 6.45) is 0. The first-order valence-corrected chi connectivity index (χ1v) is 4.85. The van der Waals surface area contributed by atoms with Crippen LogP contribution in [0.4, 0.5) is 5.69 Å². The summed E-state index contributed by atoms with van der Waals surface area (Å²) < 4.78 is 4.92. The molecule has 1 N–H and O–H groups in total. The monoisotopic (exact) mass is 240 g/mol. The van der Waals surface area contributed by atoms with Gasteiger partial charge in [0, 0.05) is 6.07 Å². The first-order valence-electron chi connectivity index (χ1n) is 4.85. The van der Waals surface area contributed by atoms with Gasteiger partial charge in [0.2, 0.25) is 0 Å². The third-order valence-electron chi connectivity index (χ3n) is 1.96. The van der Waals surface area contributed by atoms with Crippen LogP contribution in [0.1, 0.15) is 17.3 Å². The highest BCUT2D eigenvalue weighted by molar-refractivity contribution is 6.00. The molecule has 1 aromatic rings. The number of hydroxylamine groups is 1. The zero-order chi connectivity index (χ0) is 12.8. The smallest absolute Gasteiger partial charge is 0.286 e. The Bertz CT molecular complexity index is 433. The molecule has 0 aliphatic heterocycles. The van der Waals surface area contributed by atoms with Crippen molar-refractivity contribution in [3.8, 4) is 5.75 Å². The number of nitrogens with one attached hydrogen (secondary N) is 1. The standard InChI is InChI=1S/C10H12N2O5/c1-3-17-11-10(13)9-7(12(14)15)5-4-6-8(9)16-2/h4-6H,3H2,1-2H3,(H,11,13). The molecule has 0 bridgehead atoms. The number of amides is 1. The van der Waals surface area contributed by atoms with Crippen LogP contribution in [0, 0.1) is 10.1 Å². The van der Waals surface area contributed by atoms with Crippen LogP contribution in [0.25, 0.3) is 0 Å². The molecule has 0 aliphatic rings. The van der Waals surface area contributed by atoms with Crippen molar-refractivity contribution in [2.75, 3.05) is 13.7 Å². The second-order valence-electron chi connectivity index (χ2n) is 2.98. The average molecular weight is 240 g/mol. The quantitative estimate of drug-likeness (QED) is 0.618. The molecule has 17 heavy (non-hydrogen) atoms. The lowest BCUT2D eigenvalue weighted by Crippen LogP contribution is -2.25. The van der Waals surface area contributed by atoms with Gasteiger partial charge in [0.15, 0.2) is 5.56 Å². The minimum absolute atomic E-state index is 0.122. The van der Waals surface area contributed by atoms with Crippen LogP contribution < -0.4 is 10.2 Å². The fourth-order valence-corrected chi connectivity index (χ4v) is 1.26. The normalized spacial score (nSPS) is 9.76. The second kappa shape index (κ2) is 5.80. The summed E-state index contributed by atoms with van der Waals surface area (Å²) in [5.74, 6) is -0.590. The number of nitro benzene ring substituents is 1. The lowest BCUT2D eigenvalue weighted by Gasteiger charge is -2.08. The van der Waals surface area contributed by atoms with Crippen molar-refractivity contribution in [1.29, 1.82) is 0 Å². The van der Waals surface area contributed by atoms with Gasteiger partial charge in [0.25, 0.3) is 11.6 Å². The zero-order valence-corrected chi connectivity index (χ0v) is 9.43. The number of nitrogens with zero attached hydrogens (tertiary/aromatic N) is 1. The van der Waals surface area contributed by atoms with Crippen molar-refractivity contribution >= 4 is 11.6 Å². The summed E-state index contributed by atoms with van der Waals surface area (Å²) in [7, 11) is 1.33. The van der Waals surface area contributed by atoms with Crippen molar-refractivity contribution in [1.82, 2.24) is 5.48 Å². The number of hydrogen-bond donors (Lipinski definition) is 1. The fourth-order valence-electron chi connectivity index (χ4n) is 1.26. The maximum absolute atomic E-state index is 11.7. The van der Waals surface area contributed by atoms with Gasteiger partial charge in [-0.25, -0.2) is 5.48 Å². The lowest BCUT2D eigenvalue weighted by atomic mass is 10.1. The van der Waals surface area contributed by atoms with E-state index in [9.17, 15) is 14.9 Å². The van der Waals surface area contributed by atoms with Crippen LogP contribution in [0.2, 0.25) is 0 Å². The molecular formula is C10H12N2O5. The molecule has 7 heteroatoms. The summed E-state index contributed by atoms with van der Waals surface area (Å²) in [6, 6.07) is 4.13. The lowest BCUT2D eigenvalue weighted by molar-refractivity contribution is -0.385. The number of hydrogen-bond acceptors (Lipinski definition) is 5. The fraction of sp³-hybridized carbons (Fsp3) is 0.300. The third kappa shape index (κ3) is 2.91. The third-order valence-corrected chi connectivity index (χ3v) is 1.96. The van der Waals surface area contributed by atoms with Gasteiger partial charge < -0.3 is 4.74 Å². The predicted octanol–water partition coefficient (Wildman–Crippen LogP) is 1.28. The Morgan fingerprint density at radius 1 is 1.53 bits per heavy atom. The number of rotatable bonds is 5. The number of methoxy groups -OCH3 is 1. The number of carbonyl (C=O) groups excluding carboxylic acids is 1. The van der Waals surface area contributed by atoms with Crippen LogP contribution in [0.3, 0.4) is 0 Å². The van der Waals surface area contributed by atoms with Crippen LogP contribution in [-0.2, 0) is 4.84 Å². The van der Waals surface area contributed by atoms with E-state index in [2.05, 4.69) is 5.48 Å². The Kier molecular flexibility index (Phi) is 4.41. The molecule has 0 saturated heterocycles. The van der Waals surface area contributed by atoms with E-state index in [1.54, 1.807) is 6.92 Å². The van der Waals surface area contributed by atoms with Gasteiger partial charge in [0.1, 0.15) is 5.75 Å². The van der Waals surface area contributed by atoms with E-state index in [1.807, 2.05) is 0 Å². The molecule has 0 spiro atoms. The Morgan fingerprint density at radius 2 is 2.24 bits per heavy atom. The van der Waals surface area contributed by atoms with Crippen molar-refractivity contribution in [2.45, 2.75) is 6.92 Å². The van der Waals surface area contributed by atoms with E-state index >= 15 is 0 Å². The highest BCUT2D eigenvalue weighted by atomic mass is 16.7. The Hall–Kier alpha value is -2.15. The van der Waals surface area contributed by atoms with Crippen molar-refractivity contribution in [3.05, 3.63) is 33.9 Å². The molecule has 1 aromatic carbocycles. The van der Waals surface area contributed by atoms with E-state index in [0.717, 1.165) is 0 Å². The van der Waals surface area contributed by atoms with Gasteiger partial charge in [-0.05, 0) is 13.0 Å². The maximum atomic E-state index is 11.7. The summed E-state index contributed by atoms with van der Waals surface area (Å²) in [4.78, 5) is 26.5. The van der Waals surface area contributed by atoms with Crippen molar-refractivity contribution in [2.24, 2.45) is 0 Å². The average Bonchev–Trinajstić information content (AvgIpc) is 2.34. The maximum Gasteiger partial charge on any atom is 0.286 e. The van der Waals surface area contributed by atoms with Gasteiger partial charge in [-0.15, -0.1) is 0 Å². The summed E-state index contributed by atoms with van der Waals surface area (Å²) in [5.41, 5.74) is 1.60. The minimum atomic E-state index is -0.712. The molecule has 0 saturated carbocycles. The van der Waals surface area contributed by atoms with Gasteiger partial charge in [-0.2, -0.15) is 0 Å².